The maximum Gasteiger partial charge on any atom is 0.148 e. The van der Waals surface area contributed by atoms with Crippen molar-refractivity contribution in [2.24, 2.45) is 5.84 Å². The first-order chi connectivity index (χ1) is 9.20. The number of anilines is 2. The molecule has 0 aliphatic heterocycles. The van der Waals surface area contributed by atoms with Gasteiger partial charge in [0.15, 0.2) is 0 Å². The van der Waals surface area contributed by atoms with Crippen LogP contribution in [0.3, 0.4) is 0 Å². The van der Waals surface area contributed by atoms with Gasteiger partial charge in [0.2, 0.25) is 0 Å². The topological polar surface area (TPSA) is 94.3 Å². The van der Waals surface area contributed by atoms with Crippen LogP contribution < -0.4 is 16.6 Å². The van der Waals surface area contributed by atoms with Crippen LogP contribution in [0.25, 0.3) is 0 Å². The second-order valence-corrected chi connectivity index (χ2v) is 4.32. The number of rotatable bonds is 9. The van der Waals surface area contributed by atoms with Gasteiger partial charge in [0, 0.05) is 19.2 Å². The summed E-state index contributed by atoms with van der Waals surface area (Å²) >= 11 is 0. The van der Waals surface area contributed by atoms with E-state index < -0.39 is 0 Å². The summed E-state index contributed by atoms with van der Waals surface area (Å²) in [7, 11) is 1.65. The predicted molar refractivity (Wildman–Crippen MR) is 75.1 cm³/mol. The van der Waals surface area contributed by atoms with Gasteiger partial charge in [0.25, 0.3) is 0 Å². The highest BCUT2D eigenvalue weighted by Crippen LogP contribution is 2.27. The lowest BCUT2D eigenvalue weighted by atomic mass is 10.0. The molecule has 1 rings (SSSR count). The van der Waals surface area contributed by atoms with Gasteiger partial charge >= 0.3 is 0 Å². The minimum atomic E-state index is 0.268. The zero-order valence-electron chi connectivity index (χ0n) is 11.8. The minimum Gasteiger partial charge on any atom is -0.382 e. The molecule has 19 heavy (non-hydrogen) atoms. The molecule has 0 saturated carbocycles. The summed E-state index contributed by atoms with van der Waals surface area (Å²) in [6.45, 7) is 6.60. The fourth-order valence-electron chi connectivity index (χ4n) is 1.68. The van der Waals surface area contributed by atoms with Crippen LogP contribution in [0, 0.1) is 0 Å². The number of hydrogen-bond donors (Lipinski definition) is 3. The number of ether oxygens (including phenoxy) is 2. The van der Waals surface area contributed by atoms with Crippen molar-refractivity contribution < 1.29 is 9.47 Å². The molecule has 0 bridgehead atoms. The second-order valence-electron chi connectivity index (χ2n) is 4.32. The summed E-state index contributed by atoms with van der Waals surface area (Å²) < 4.78 is 10.3. The monoisotopic (exact) mass is 269 g/mol. The Labute approximate surface area is 113 Å². The first-order valence-electron chi connectivity index (χ1n) is 6.32. The highest BCUT2D eigenvalue weighted by Gasteiger charge is 2.13. The third kappa shape index (κ3) is 4.98. The Bertz CT molecular complexity index is 373. The molecule has 0 fully saturated rings. The Kier molecular flexibility index (Phi) is 7.09. The van der Waals surface area contributed by atoms with Crippen LogP contribution in [0.2, 0.25) is 0 Å². The van der Waals surface area contributed by atoms with E-state index in [1.54, 1.807) is 7.11 Å². The van der Waals surface area contributed by atoms with Gasteiger partial charge in [-0.2, -0.15) is 0 Å². The number of nitrogens with two attached hydrogens (primary N) is 1. The van der Waals surface area contributed by atoms with Crippen molar-refractivity contribution in [1.82, 2.24) is 9.97 Å². The number of nitrogens with one attached hydrogen (secondary N) is 2. The smallest absolute Gasteiger partial charge is 0.148 e. The van der Waals surface area contributed by atoms with E-state index in [-0.39, 0.29) is 5.92 Å². The number of aromatic nitrogens is 2. The average Bonchev–Trinajstić information content (AvgIpc) is 2.42. The Morgan fingerprint density at radius 2 is 1.95 bits per heavy atom. The molecular weight excluding hydrogens is 246 g/mol. The lowest BCUT2D eigenvalue weighted by Gasteiger charge is -2.16. The molecule has 7 nitrogen and oxygen atoms in total. The maximum atomic E-state index is 5.46. The fourth-order valence-corrected chi connectivity index (χ4v) is 1.68. The number of hydrogen-bond acceptors (Lipinski definition) is 7. The third-order valence-electron chi connectivity index (χ3n) is 2.57. The molecule has 0 amide bonds. The quantitative estimate of drug-likeness (QED) is 0.349. The van der Waals surface area contributed by atoms with Gasteiger partial charge in [-0.1, -0.05) is 13.8 Å². The minimum absolute atomic E-state index is 0.268. The van der Waals surface area contributed by atoms with E-state index in [9.17, 15) is 0 Å². The molecular formula is C12H23N5O2. The van der Waals surface area contributed by atoms with Gasteiger partial charge in [-0.15, -0.1) is 0 Å². The standard InChI is InChI=1S/C12H23N5O2/c1-9(2)10-11(15-8-16-12(10)17-13)14-4-5-19-7-6-18-3/h8-9H,4-7,13H2,1-3H3,(H2,14,15,16,17). The Hall–Kier alpha value is -1.44. The van der Waals surface area contributed by atoms with Crippen LogP contribution in [0.5, 0.6) is 0 Å². The predicted octanol–water partition coefficient (Wildman–Crippen LogP) is 0.961. The molecule has 0 atom stereocenters. The van der Waals surface area contributed by atoms with Gasteiger partial charge in [0.1, 0.15) is 18.0 Å². The molecule has 4 N–H and O–H groups in total. The Balaban J connectivity index is 2.53. The molecule has 0 spiro atoms. The summed E-state index contributed by atoms with van der Waals surface area (Å²) in [5, 5.41) is 3.23. The lowest BCUT2D eigenvalue weighted by molar-refractivity contribution is 0.0759. The van der Waals surface area contributed by atoms with Gasteiger partial charge in [-0.3, -0.25) is 0 Å². The highest BCUT2D eigenvalue weighted by molar-refractivity contribution is 5.58. The largest absolute Gasteiger partial charge is 0.382 e. The van der Waals surface area contributed by atoms with Crippen LogP contribution in [0.1, 0.15) is 25.3 Å². The van der Waals surface area contributed by atoms with Crippen LogP contribution in [-0.2, 0) is 9.47 Å². The van der Waals surface area contributed by atoms with Crippen molar-refractivity contribution in [2.45, 2.75) is 19.8 Å². The van der Waals surface area contributed by atoms with Gasteiger partial charge in [-0.25, -0.2) is 15.8 Å². The van der Waals surface area contributed by atoms with E-state index in [1.165, 1.54) is 6.33 Å². The van der Waals surface area contributed by atoms with E-state index in [2.05, 4.69) is 34.6 Å². The molecule has 1 heterocycles. The zero-order chi connectivity index (χ0) is 14.1. The zero-order valence-corrected chi connectivity index (χ0v) is 11.8. The van der Waals surface area contributed by atoms with E-state index in [4.69, 9.17) is 15.3 Å². The summed E-state index contributed by atoms with van der Waals surface area (Å²) in [4.78, 5) is 8.36. The third-order valence-corrected chi connectivity index (χ3v) is 2.57. The Morgan fingerprint density at radius 1 is 1.21 bits per heavy atom. The summed E-state index contributed by atoms with van der Waals surface area (Å²) in [5.74, 6) is 7.16. The summed E-state index contributed by atoms with van der Waals surface area (Å²) in [6, 6.07) is 0. The Morgan fingerprint density at radius 3 is 2.58 bits per heavy atom. The molecule has 0 saturated heterocycles. The van der Waals surface area contributed by atoms with Crippen molar-refractivity contribution in [2.75, 3.05) is 44.2 Å². The SMILES string of the molecule is COCCOCCNc1ncnc(NN)c1C(C)C. The molecule has 0 radical (unpaired) electrons. The molecule has 0 aliphatic rings. The summed E-state index contributed by atoms with van der Waals surface area (Å²) in [6.07, 6.45) is 1.48. The fraction of sp³-hybridized carbons (Fsp3) is 0.667. The van der Waals surface area contributed by atoms with Gasteiger partial charge < -0.3 is 20.2 Å². The molecule has 1 aromatic rings. The van der Waals surface area contributed by atoms with E-state index >= 15 is 0 Å². The van der Waals surface area contributed by atoms with Gasteiger partial charge in [-0.05, 0) is 5.92 Å². The number of methoxy groups -OCH3 is 1. The number of nitrogens with zero attached hydrogens (tertiary/aromatic N) is 2. The van der Waals surface area contributed by atoms with Crippen LogP contribution in [0.4, 0.5) is 11.6 Å². The van der Waals surface area contributed by atoms with E-state index in [0.29, 0.717) is 32.2 Å². The first-order valence-corrected chi connectivity index (χ1v) is 6.32. The maximum absolute atomic E-state index is 5.46. The highest BCUT2D eigenvalue weighted by atomic mass is 16.5. The van der Waals surface area contributed by atoms with Crippen LogP contribution in [-0.4, -0.2) is 43.4 Å². The van der Waals surface area contributed by atoms with Crippen molar-refractivity contribution in [3.63, 3.8) is 0 Å². The molecule has 0 aliphatic carbocycles. The molecule has 0 aromatic carbocycles. The van der Waals surface area contributed by atoms with Crippen molar-refractivity contribution in [3.8, 4) is 0 Å². The van der Waals surface area contributed by atoms with E-state index in [1.807, 2.05) is 0 Å². The molecule has 7 heteroatoms. The first kappa shape index (κ1) is 15.6. The normalized spacial score (nSPS) is 10.8. The van der Waals surface area contributed by atoms with Crippen LogP contribution in [0.15, 0.2) is 6.33 Å². The second kappa shape index (κ2) is 8.63. The number of nitrogen functional groups attached to an aromatic ring is 1. The average molecular weight is 269 g/mol. The van der Waals surface area contributed by atoms with Crippen molar-refractivity contribution >= 4 is 11.6 Å². The molecule has 108 valence electrons. The number of hydrazine groups is 1. The van der Waals surface area contributed by atoms with Crippen molar-refractivity contribution in [3.05, 3.63) is 11.9 Å². The molecule has 1 aromatic heterocycles. The van der Waals surface area contributed by atoms with E-state index in [0.717, 1.165) is 11.4 Å². The van der Waals surface area contributed by atoms with Gasteiger partial charge in [0.05, 0.1) is 19.8 Å². The van der Waals surface area contributed by atoms with Crippen LogP contribution >= 0.6 is 0 Å². The van der Waals surface area contributed by atoms with Crippen molar-refractivity contribution in [1.29, 1.82) is 0 Å². The lowest BCUT2D eigenvalue weighted by Crippen LogP contribution is -2.17. The summed E-state index contributed by atoms with van der Waals surface area (Å²) in [5.41, 5.74) is 3.57. The molecule has 0 unspecified atom stereocenters.